The van der Waals surface area contributed by atoms with Crippen molar-refractivity contribution in [1.29, 1.82) is 0 Å². The number of piperidine rings is 2. The van der Waals surface area contributed by atoms with Crippen molar-refractivity contribution in [2.45, 2.75) is 18.6 Å². The molecule has 0 aromatic carbocycles. The molecule has 3 aromatic heterocycles. The Labute approximate surface area is 215 Å². The Hall–Kier alpha value is -3.06. The van der Waals surface area contributed by atoms with Crippen LogP contribution in [0.25, 0.3) is 0 Å². The molecule has 2 saturated heterocycles. The Bertz CT molecular complexity index is 1180. The number of methoxy groups -OCH3 is 2. The van der Waals surface area contributed by atoms with E-state index in [4.69, 9.17) is 9.47 Å². The third-order valence-electron chi connectivity index (χ3n) is 7.09. The second-order valence-electron chi connectivity index (χ2n) is 8.93. The first-order valence-electron chi connectivity index (χ1n) is 11.2. The zero-order valence-corrected chi connectivity index (χ0v) is 21.6. The first-order valence-corrected chi connectivity index (χ1v) is 13.0. The van der Waals surface area contributed by atoms with E-state index in [0.29, 0.717) is 16.6 Å². The molecule has 2 fully saturated rings. The molecule has 3 aromatic rings. The Morgan fingerprint density at radius 1 is 0.944 bits per heavy atom. The average Bonchev–Trinajstić information content (AvgIpc) is 3.60. The molecule has 12 heteroatoms. The van der Waals surface area contributed by atoms with Crippen LogP contribution in [0.5, 0.6) is 0 Å². The van der Waals surface area contributed by atoms with Crippen LogP contribution in [-0.4, -0.2) is 76.8 Å². The number of aromatic nitrogens is 3. The number of rotatable bonds is 6. The van der Waals surface area contributed by atoms with E-state index in [1.165, 1.54) is 36.9 Å². The van der Waals surface area contributed by atoms with Gasteiger partial charge in [-0.25, -0.2) is 9.97 Å². The van der Waals surface area contributed by atoms with Gasteiger partial charge >= 0.3 is 11.9 Å². The van der Waals surface area contributed by atoms with Crippen LogP contribution in [0.3, 0.4) is 0 Å². The van der Waals surface area contributed by atoms with Gasteiger partial charge in [-0.2, -0.15) is 0 Å². The van der Waals surface area contributed by atoms with Crippen LogP contribution in [0.2, 0.25) is 0 Å². The van der Waals surface area contributed by atoms with Crippen LogP contribution >= 0.6 is 22.7 Å². The zero-order chi connectivity index (χ0) is 25.5. The number of thiazole rings is 2. The number of nitrogens with zero attached hydrogens (tertiary/aromatic N) is 5. The lowest BCUT2D eigenvalue weighted by Crippen LogP contribution is -2.75. The van der Waals surface area contributed by atoms with Crippen LogP contribution < -0.4 is 0 Å². The van der Waals surface area contributed by atoms with Gasteiger partial charge in [0, 0.05) is 49.0 Å². The minimum atomic E-state index is -1.73. The van der Waals surface area contributed by atoms with E-state index in [1.807, 2.05) is 28.0 Å². The van der Waals surface area contributed by atoms with Gasteiger partial charge in [-0.05, 0) is 19.2 Å². The standard InChI is InChI=1S/C24H25N5O5S2/c1-28-16(18-26-8-10-35-18)23(21(31)33-2)13-29(12-15-6-4-5-7-25-15)14-24(20(23)30,22(32)34-3)17(28)19-27-9-11-36-19/h4-11,16-17H,12-14H2,1-3H3. The van der Waals surface area contributed by atoms with Gasteiger partial charge in [-0.1, -0.05) is 6.07 Å². The van der Waals surface area contributed by atoms with Crippen molar-refractivity contribution in [3.63, 3.8) is 0 Å². The van der Waals surface area contributed by atoms with E-state index in [-0.39, 0.29) is 13.1 Å². The number of ether oxygens (including phenoxy) is 2. The summed E-state index contributed by atoms with van der Waals surface area (Å²) in [5.41, 5.74) is -2.71. The van der Waals surface area contributed by atoms with Gasteiger partial charge in [-0.15, -0.1) is 22.7 Å². The summed E-state index contributed by atoms with van der Waals surface area (Å²) in [7, 11) is 4.32. The Morgan fingerprint density at radius 3 is 1.92 bits per heavy atom. The van der Waals surface area contributed by atoms with E-state index in [9.17, 15) is 14.4 Å². The Balaban J connectivity index is 1.77. The monoisotopic (exact) mass is 527 g/mol. The molecule has 10 nitrogen and oxygen atoms in total. The molecule has 188 valence electrons. The van der Waals surface area contributed by atoms with Gasteiger partial charge in [0.2, 0.25) is 0 Å². The Kier molecular flexibility index (Phi) is 6.45. The number of hydrogen-bond donors (Lipinski definition) is 0. The molecule has 0 amide bonds. The predicted molar refractivity (Wildman–Crippen MR) is 131 cm³/mol. The molecule has 0 spiro atoms. The molecule has 2 bridgehead atoms. The fourth-order valence-electron chi connectivity index (χ4n) is 5.81. The molecule has 5 heterocycles. The first kappa shape index (κ1) is 24.6. The van der Waals surface area contributed by atoms with Gasteiger partial charge in [0.1, 0.15) is 10.0 Å². The highest BCUT2D eigenvalue weighted by atomic mass is 32.1. The van der Waals surface area contributed by atoms with E-state index in [0.717, 1.165) is 5.69 Å². The minimum Gasteiger partial charge on any atom is -0.468 e. The normalized spacial score (nSPS) is 28.6. The summed E-state index contributed by atoms with van der Waals surface area (Å²) in [4.78, 5) is 59.3. The molecular weight excluding hydrogens is 502 g/mol. The molecule has 0 N–H and O–H groups in total. The van der Waals surface area contributed by atoms with Crippen LogP contribution in [0.15, 0.2) is 47.5 Å². The third kappa shape index (κ3) is 3.51. The van der Waals surface area contributed by atoms with E-state index in [2.05, 4.69) is 15.0 Å². The van der Waals surface area contributed by atoms with Gasteiger partial charge in [0.25, 0.3) is 0 Å². The molecule has 2 aliphatic heterocycles. The predicted octanol–water partition coefficient (Wildman–Crippen LogP) is 2.13. The third-order valence-corrected chi connectivity index (χ3v) is 8.74. The van der Waals surface area contributed by atoms with E-state index in [1.54, 1.807) is 36.4 Å². The lowest BCUT2D eigenvalue weighted by atomic mass is 9.55. The van der Waals surface area contributed by atoms with Crippen LogP contribution in [0.4, 0.5) is 0 Å². The van der Waals surface area contributed by atoms with Crippen LogP contribution in [0.1, 0.15) is 27.8 Å². The smallest absolute Gasteiger partial charge is 0.322 e. The molecular formula is C24H25N5O5S2. The Morgan fingerprint density at radius 2 is 1.50 bits per heavy atom. The second-order valence-corrected chi connectivity index (χ2v) is 10.8. The fourth-order valence-corrected chi connectivity index (χ4v) is 7.57. The van der Waals surface area contributed by atoms with Gasteiger partial charge < -0.3 is 9.47 Å². The van der Waals surface area contributed by atoms with Crippen molar-refractivity contribution in [1.82, 2.24) is 24.8 Å². The summed E-state index contributed by atoms with van der Waals surface area (Å²) in [6.45, 7) is 0.393. The number of carbonyl (C=O) groups is 3. The van der Waals surface area contributed by atoms with Crippen molar-refractivity contribution in [3.05, 3.63) is 63.3 Å². The number of fused-ring (bicyclic) bond motifs is 2. The maximum absolute atomic E-state index is 14.7. The number of pyridine rings is 1. The fraction of sp³-hybridized carbons (Fsp3) is 0.417. The van der Waals surface area contributed by atoms with Gasteiger partial charge in [0.05, 0.1) is 32.0 Å². The summed E-state index contributed by atoms with van der Waals surface area (Å²) in [5.74, 6) is -1.95. The maximum atomic E-state index is 14.7. The molecule has 2 aliphatic rings. The summed E-state index contributed by atoms with van der Waals surface area (Å²) >= 11 is 2.69. The van der Waals surface area contributed by atoms with Crippen molar-refractivity contribution < 1.29 is 23.9 Å². The molecule has 4 unspecified atom stereocenters. The second kappa shape index (κ2) is 9.43. The summed E-state index contributed by atoms with van der Waals surface area (Å²) in [5, 5.41) is 4.76. The van der Waals surface area contributed by atoms with Crippen molar-refractivity contribution in [2.24, 2.45) is 10.8 Å². The molecule has 5 rings (SSSR count). The number of Topliss-reactive ketones (excluding diaryl/α,β-unsaturated/α-hetero) is 1. The van der Waals surface area contributed by atoms with E-state index < -0.39 is 40.6 Å². The van der Waals surface area contributed by atoms with Crippen LogP contribution in [0, 0.1) is 10.8 Å². The molecule has 0 aliphatic carbocycles. The minimum absolute atomic E-state index is 0.0347. The molecule has 0 saturated carbocycles. The van der Waals surface area contributed by atoms with Crippen molar-refractivity contribution in [3.8, 4) is 0 Å². The topological polar surface area (TPSA) is 115 Å². The number of esters is 2. The largest absolute Gasteiger partial charge is 0.468 e. The average molecular weight is 528 g/mol. The van der Waals surface area contributed by atoms with Crippen molar-refractivity contribution in [2.75, 3.05) is 34.4 Å². The number of carbonyl (C=O) groups excluding carboxylic acids is 3. The highest BCUT2D eigenvalue weighted by Crippen LogP contribution is 2.61. The lowest BCUT2D eigenvalue weighted by molar-refractivity contribution is -0.203. The quantitative estimate of drug-likeness (QED) is 0.349. The summed E-state index contributed by atoms with van der Waals surface area (Å²) in [6, 6.07) is 3.99. The van der Waals surface area contributed by atoms with E-state index >= 15 is 0 Å². The first-order chi connectivity index (χ1) is 17.4. The van der Waals surface area contributed by atoms with Gasteiger partial charge in [0.15, 0.2) is 16.6 Å². The summed E-state index contributed by atoms with van der Waals surface area (Å²) in [6.07, 6.45) is 4.96. The maximum Gasteiger partial charge on any atom is 0.322 e. The lowest BCUT2D eigenvalue weighted by Gasteiger charge is -2.60. The molecule has 36 heavy (non-hydrogen) atoms. The van der Waals surface area contributed by atoms with Crippen LogP contribution in [-0.2, 0) is 30.4 Å². The SMILES string of the molecule is COC(=O)C12CN(Cc3ccccn3)CC(C(=O)OC)(C1=O)C(c1nccs1)N(C)C2c1nccs1. The molecule has 0 radical (unpaired) electrons. The summed E-state index contributed by atoms with van der Waals surface area (Å²) < 4.78 is 10.6. The highest BCUT2D eigenvalue weighted by molar-refractivity contribution is 7.10. The number of ketones is 1. The zero-order valence-electron chi connectivity index (χ0n) is 20.0. The van der Waals surface area contributed by atoms with Gasteiger partial charge in [-0.3, -0.25) is 29.2 Å². The number of hydrogen-bond acceptors (Lipinski definition) is 12. The van der Waals surface area contributed by atoms with Crippen molar-refractivity contribution >= 4 is 40.4 Å². The highest BCUT2D eigenvalue weighted by Gasteiger charge is 2.75. The number of likely N-dealkylation sites (tertiary alicyclic amines) is 2. The molecule has 4 atom stereocenters.